The molecule has 2 heterocycles. The molecule has 1 fully saturated rings. The van der Waals surface area contributed by atoms with Gasteiger partial charge < -0.3 is 14.8 Å². The number of benzene rings is 2. The van der Waals surface area contributed by atoms with Crippen LogP contribution in [0, 0.1) is 11.6 Å². The molecule has 5 heteroatoms. The van der Waals surface area contributed by atoms with Crippen molar-refractivity contribution in [2.75, 3.05) is 18.5 Å². The van der Waals surface area contributed by atoms with Gasteiger partial charge in [0.15, 0.2) is 0 Å². The molecule has 2 aromatic rings. The van der Waals surface area contributed by atoms with Gasteiger partial charge in [-0.25, -0.2) is 8.78 Å². The van der Waals surface area contributed by atoms with Crippen LogP contribution in [0.2, 0.25) is 0 Å². The van der Waals surface area contributed by atoms with Gasteiger partial charge in [0.05, 0.1) is 19.3 Å². The van der Waals surface area contributed by atoms with E-state index in [0.29, 0.717) is 19.1 Å². The minimum absolute atomic E-state index is 0.00147. The fourth-order valence-corrected chi connectivity index (χ4v) is 3.68. The third-order valence-corrected chi connectivity index (χ3v) is 4.99. The summed E-state index contributed by atoms with van der Waals surface area (Å²) >= 11 is 0. The summed E-state index contributed by atoms with van der Waals surface area (Å²) in [5.74, 6) is -0.768. The quantitative estimate of drug-likeness (QED) is 0.855. The summed E-state index contributed by atoms with van der Waals surface area (Å²) in [6.07, 6.45) is -0.817. The molecular formula is C20H21F2NO2. The molecule has 0 radical (unpaired) electrons. The number of hydrogen-bond donors (Lipinski definition) is 1. The molecule has 0 spiro atoms. The molecule has 0 amide bonds. The van der Waals surface area contributed by atoms with Crippen LogP contribution in [0.3, 0.4) is 0 Å². The summed E-state index contributed by atoms with van der Waals surface area (Å²) in [5, 5.41) is 3.28. The van der Waals surface area contributed by atoms with E-state index in [2.05, 4.69) is 25.2 Å². The molecule has 0 unspecified atom stereocenters. The fraction of sp³-hybridized carbons (Fsp3) is 0.400. The maximum Gasteiger partial charge on any atom is 0.131 e. The van der Waals surface area contributed by atoms with E-state index < -0.39 is 23.8 Å². The number of hydrogen-bond acceptors (Lipinski definition) is 3. The number of ether oxygens (including phenoxy) is 2. The number of anilines is 1. The minimum atomic E-state index is -0.635. The standard InChI is InChI=1S/C20H21F2NO2/c1-11(2)12-6-7-16-13(10-12)19-20(25-9-8-24-19)18(23-16)17-14(21)4-3-5-15(17)22/h3-7,10-11,18-20,23H,8-9H2,1-2H3/t18-,19+,20-/m1/s1. The molecule has 0 aliphatic carbocycles. The molecule has 1 N–H and O–H groups in total. The summed E-state index contributed by atoms with van der Waals surface area (Å²) in [4.78, 5) is 0. The SMILES string of the molecule is CC(C)c1ccc2c(c1)[C@@H]1OCCO[C@@H]1[C@@H](c1c(F)cccc1F)N2. The molecule has 2 aliphatic rings. The van der Waals surface area contributed by atoms with Crippen molar-refractivity contribution < 1.29 is 18.3 Å². The molecule has 4 rings (SSSR count). The van der Waals surface area contributed by atoms with Crippen molar-refractivity contribution in [3.05, 3.63) is 64.7 Å². The highest BCUT2D eigenvalue weighted by atomic mass is 19.1. The van der Waals surface area contributed by atoms with Gasteiger partial charge in [-0.15, -0.1) is 0 Å². The van der Waals surface area contributed by atoms with Gasteiger partial charge in [-0.2, -0.15) is 0 Å². The lowest BCUT2D eigenvalue weighted by Gasteiger charge is -2.43. The molecule has 3 nitrogen and oxygen atoms in total. The van der Waals surface area contributed by atoms with Crippen molar-refractivity contribution >= 4 is 5.69 Å². The lowest BCUT2D eigenvalue weighted by atomic mass is 9.85. The molecule has 0 aromatic heterocycles. The first-order valence-electron chi connectivity index (χ1n) is 8.63. The van der Waals surface area contributed by atoms with E-state index in [9.17, 15) is 8.78 Å². The Morgan fingerprint density at radius 2 is 1.76 bits per heavy atom. The van der Waals surface area contributed by atoms with Gasteiger partial charge in [0.1, 0.15) is 23.8 Å². The summed E-state index contributed by atoms with van der Waals surface area (Å²) < 4.78 is 40.6. The Labute approximate surface area is 146 Å². The Bertz CT molecular complexity index is 773. The van der Waals surface area contributed by atoms with Crippen molar-refractivity contribution in [3.8, 4) is 0 Å². The number of rotatable bonds is 2. The van der Waals surface area contributed by atoms with E-state index in [-0.39, 0.29) is 11.7 Å². The van der Waals surface area contributed by atoms with E-state index in [1.54, 1.807) is 0 Å². The Morgan fingerprint density at radius 3 is 2.48 bits per heavy atom. The average Bonchev–Trinajstić information content (AvgIpc) is 2.61. The Morgan fingerprint density at radius 1 is 1.04 bits per heavy atom. The van der Waals surface area contributed by atoms with Gasteiger partial charge >= 0.3 is 0 Å². The van der Waals surface area contributed by atoms with E-state index in [4.69, 9.17) is 9.47 Å². The summed E-state index contributed by atoms with van der Waals surface area (Å²) in [7, 11) is 0. The summed E-state index contributed by atoms with van der Waals surface area (Å²) in [6, 6.07) is 9.39. The zero-order valence-electron chi connectivity index (χ0n) is 14.3. The molecule has 132 valence electrons. The zero-order chi connectivity index (χ0) is 17.6. The maximum atomic E-state index is 14.4. The molecule has 3 atom stereocenters. The van der Waals surface area contributed by atoms with Crippen molar-refractivity contribution in [2.45, 2.75) is 38.0 Å². The monoisotopic (exact) mass is 345 g/mol. The van der Waals surface area contributed by atoms with E-state index >= 15 is 0 Å². The van der Waals surface area contributed by atoms with Crippen LogP contribution < -0.4 is 5.32 Å². The summed E-state index contributed by atoms with van der Waals surface area (Å²) in [5.41, 5.74) is 3.03. The van der Waals surface area contributed by atoms with Crippen molar-refractivity contribution in [1.82, 2.24) is 0 Å². The van der Waals surface area contributed by atoms with Crippen LogP contribution in [0.4, 0.5) is 14.5 Å². The smallest absolute Gasteiger partial charge is 0.131 e. The van der Waals surface area contributed by atoms with Crippen LogP contribution in [-0.4, -0.2) is 19.3 Å². The predicted octanol–water partition coefficient (Wildman–Crippen LogP) is 4.71. The largest absolute Gasteiger partial charge is 0.375 e. The fourth-order valence-electron chi connectivity index (χ4n) is 3.68. The molecule has 0 saturated carbocycles. The lowest BCUT2D eigenvalue weighted by molar-refractivity contribution is -0.151. The summed E-state index contributed by atoms with van der Waals surface area (Å²) in [6.45, 7) is 5.14. The maximum absolute atomic E-state index is 14.4. The van der Waals surface area contributed by atoms with Crippen LogP contribution in [0.1, 0.15) is 48.6 Å². The predicted molar refractivity (Wildman–Crippen MR) is 91.7 cm³/mol. The first kappa shape index (κ1) is 16.5. The zero-order valence-corrected chi connectivity index (χ0v) is 14.3. The first-order chi connectivity index (χ1) is 12.1. The normalized spacial score (nSPS) is 25.2. The molecule has 1 saturated heterocycles. The second-order valence-corrected chi connectivity index (χ2v) is 6.89. The van der Waals surface area contributed by atoms with Crippen molar-refractivity contribution in [3.63, 3.8) is 0 Å². The molecule has 2 aliphatic heterocycles. The molecule has 0 bridgehead atoms. The van der Waals surface area contributed by atoms with Gasteiger partial charge in [0.2, 0.25) is 0 Å². The van der Waals surface area contributed by atoms with E-state index in [0.717, 1.165) is 11.3 Å². The van der Waals surface area contributed by atoms with Gasteiger partial charge in [0, 0.05) is 16.8 Å². The Kier molecular flexibility index (Phi) is 4.21. The highest BCUT2D eigenvalue weighted by Gasteiger charge is 2.43. The third kappa shape index (κ3) is 2.81. The van der Waals surface area contributed by atoms with Crippen LogP contribution in [-0.2, 0) is 9.47 Å². The van der Waals surface area contributed by atoms with E-state index in [1.165, 1.54) is 23.8 Å². The second kappa shape index (κ2) is 6.39. The van der Waals surface area contributed by atoms with Crippen molar-refractivity contribution in [1.29, 1.82) is 0 Å². The Hall–Kier alpha value is -1.98. The average molecular weight is 345 g/mol. The van der Waals surface area contributed by atoms with Crippen LogP contribution in [0.5, 0.6) is 0 Å². The number of nitrogens with one attached hydrogen (secondary N) is 1. The minimum Gasteiger partial charge on any atom is -0.375 e. The molecule has 2 aromatic carbocycles. The number of halogens is 2. The lowest BCUT2D eigenvalue weighted by Crippen LogP contribution is -2.43. The topological polar surface area (TPSA) is 30.5 Å². The van der Waals surface area contributed by atoms with Gasteiger partial charge in [-0.3, -0.25) is 0 Å². The van der Waals surface area contributed by atoms with E-state index in [1.807, 2.05) is 12.1 Å². The van der Waals surface area contributed by atoms with Crippen molar-refractivity contribution in [2.24, 2.45) is 0 Å². The van der Waals surface area contributed by atoms with Crippen LogP contribution in [0.25, 0.3) is 0 Å². The van der Waals surface area contributed by atoms with Gasteiger partial charge in [-0.1, -0.05) is 32.0 Å². The highest BCUT2D eigenvalue weighted by Crippen LogP contribution is 2.45. The number of fused-ring (bicyclic) bond motifs is 3. The van der Waals surface area contributed by atoms with Crippen LogP contribution in [0.15, 0.2) is 36.4 Å². The highest BCUT2D eigenvalue weighted by molar-refractivity contribution is 5.59. The molecule has 25 heavy (non-hydrogen) atoms. The van der Waals surface area contributed by atoms with Gasteiger partial charge in [0.25, 0.3) is 0 Å². The first-order valence-corrected chi connectivity index (χ1v) is 8.63. The van der Waals surface area contributed by atoms with Gasteiger partial charge in [-0.05, 0) is 29.7 Å². The molecular weight excluding hydrogens is 324 g/mol. The third-order valence-electron chi connectivity index (χ3n) is 4.99. The second-order valence-electron chi connectivity index (χ2n) is 6.89. The Balaban J connectivity index is 1.81. The van der Waals surface area contributed by atoms with Crippen LogP contribution >= 0.6 is 0 Å².